The molecule has 25 heavy (non-hydrogen) atoms. The van der Waals surface area contributed by atoms with E-state index in [-0.39, 0.29) is 22.6 Å². The number of ether oxygens (including phenoxy) is 4. The van der Waals surface area contributed by atoms with Crippen molar-refractivity contribution in [1.29, 1.82) is 0 Å². The van der Waals surface area contributed by atoms with Crippen LogP contribution in [0.1, 0.15) is 15.9 Å². The first-order valence-electron chi connectivity index (χ1n) is 7.42. The zero-order valence-corrected chi connectivity index (χ0v) is 14.2. The number of hydrogen-bond donors (Lipinski definition) is 0. The van der Waals surface area contributed by atoms with E-state index in [0.29, 0.717) is 5.75 Å². The molecule has 1 aliphatic carbocycles. The molecule has 130 valence electrons. The van der Waals surface area contributed by atoms with Crippen LogP contribution in [-0.4, -0.2) is 44.5 Å². The highest BCUT2D eigenvalue weighted by atomic mass is 16.6. The minimum atomic E-state index is -1.90. The van der Waals surface area contributed by atoms with Crippen LogP contribution in [0.25, 0.3) is 0 Å². The summed E-state index contributed by atoms with van der Waals surface area (Å²) in [6.45, 7) is 1.82. The van der Waals surface area contributed by atoms with E-state index < -0.39 is 23.1 Å². The van der Waals surface area contributed by atoms with E-state index in [4.69, 9.17) is 18.9 Å². The quantitative estimate of drug-likeness (QED) is 0.768. The first-order chi connectivity index (χ1) is 11.9. The standard InChI is InChI=1S/C18H16O7/c1-9-5-12(22-2)15-13(6-9)25-18(16(15)20)11(17(21)24-4)7-10(19)8-14(18)23-3/h5-8H,1-4H3/t18-/m1/s1. The van der Waals surface area contributed by atoms with Crippen molar-refractivity contribution in [2.45, 2.75) is 12.5 Å². The van der Waals surface area contributed by atoms with Crippen LogP contribution in [0, 0.1) is 6.92 Å². The summed E-state index contributed by atoms with van der Waals surface area (Å²) in [5.41, 5.74) is -1.15. The topological polar surface area (TPSA) is 88.1 Å². The molecule has 0 fully saturated rings. The van der Waals surface area contributed by atoms with Crippen LogP contribution < -0.4 is 9.47 Å². The van der Waals surface area contributed by atoms with E-state index in [9.17, 15) is 14.4 Å². The van der Waals surface area contributed by atoms with Gasteiger partial charge in [-0.2, -0.15) is 0 Å². The lowest BCUT2D eigenvalue weighted by atomic mass is 9.81. The average molecular weight is 344 g/mol. The highest BCUT2D eigenvalue weighted by Crippen LogP contribution is 2.48. The van der Waals surface area contributed by atoms with Gasteiger partial charge in [0.15, 0.2) is 11.5 Å². The van der Waals surface area contributed by atoms with Gasteiger partial charge in [-0.25, -0.2) is 4.79 Å². The van der Waals surface area contributed by atoms with Gasteiger partial charge in [-0.1, -0.05) is 0 Å². The van der Waals surface area contributed by atoms with Crippen LogP contribution in [0.2, 0.25) is 0 Å². The van der Waals surface area contributed by atoms with Crippen molar-refractivity contribution < 1.29 is 33.3 Å². The van der Waals surface area contributed by atoms with Crippen LogP contribution >= 0.6 is 0 Å². The zero-order valence-electron chi connectivity index (χ0n) is 14.2. The van der Waals surface area contributed by atoms with Crippen molar-refractivity contribution >= 4 is 17.5 Å². The number of Topliss-reactive ketones (excluding diaryl/α,β-unsaturated/α-hetero) is 1. The Bertz CT molecular complexity index is 862. The molecule has 3 rings (SSSR count). The molecule has 0 unspecified atom stereocenters. The second-order valence-electron chi connectivity index (χ2n) is 5.62. The number of esters is 1. The Morgan fingerprint density at radius 1 is 1.08 bits per heavy atom. The average Bonchev–Trinajstić information content (AvgIpc) is 2.88. The zero-order chi connectivity index (χ0) is 18.4. The molecule has 7 heteroatoms. The third-order valence-electron chi connectivity index (χ3n) is 4.15. The van der Waals surface area contributed by atoms with E-state index >= 15 is 0 Å². The van der Waals surface area contributed by atoms with Gasteiger partial charge >= 0.3 is 5.97 Å². The predicted molar refractivity (Wildman–Crippen MR) is 85.6 cm³/mol. The fourth-order valence-corrected chi connectivity index (χ4v) is 3.08. The fraction of sp³-hybridized carbons (Fsp3) is 0.278. The number of fused-ring (bicyclic) bond motifs is 1. The van der Waals surface area contributed by atoms with Gasteiger partial charge in [0, 0.05) is 12.2 Å². The Hall–Kier alpha value is -3.09. The number of benzene rings is 1. The molecule has 1 heterocycles. The Labute approximate surface area is 143 Å². The van der Waals surface area contributed by atoms with Gasteiger partial charge in [0.25, 0.3) is 5.60 Å². The van der Waals surface area contributed by atoms with Crippen molar-refractivity contribution in [3.05, 3.63) is 46.7 Å². The number of carbonyl (C=O) groups is 3. The molecule has 1 aromatic rings. The maximum atomic E-state index is 13.3. The smallest absolute Gasteiger partial charge is 0.338 e. The Kier molecular flexibility index (Phi) is 3.87. The highest BCUT2D eigenvalue weighted by Gasteiger charge is 2.60. The summed E-state index contributed by atoms with van der Waals surface area (Å²) < 4.78 is 21.2. The molecule has 0 radical (unpaired) electrons. The number of rotatable bonds is 3. The minimum absolute atomic E-state index is 0.0821. The van der Waals surface area contributed by atoms with Gasteiger partial charge in [-0.05, 0) is 24.6 Å². The molecule has 1 spiro atoms. The minimum Gasteiger partial charge on any atom is -0.496 e. The molecule has 0 saturated heterocycles. The maximum Gasteiger partial charge on any atom is 0.338 e. The van der Waals surface area contributed by atoms with Gasteiger partial charge in [0.2, 0.25) is 5.78 Å². The number of methoxy groups -OCH3 is 3. The number of allylic oxidation sites excluding steroid dienone is 2. The lowest BCUT2D eigenvalue weighted by Gasteiger charge is -2.31. The van der Waals surface area contributed by atoms with E-state index in [1.54, 1.807) is 12.1 Å². The lowest BCUT2D eigenvalue weighted by Crippen LogP contribution is -2.49. The van der Waals surface area contributed by atoms with E-state index in [2.05, 4.69) is 0 Å². The van der Waals surface area contributed by atoms with E-state index in [0.717, 1.165) is 24.8 Å². The van der Waals surface area contributed by atoms with E-state index in [1.165, 1.54) is 14.2 Å². The first-order valence-corrected chi connectivity index (χ1v) is 7.42. The van der Waals surface area contributed by atoms with Crippen molar-refractivity contribution in [1.82, 2.24) is 0 Å². The summed E-state index contributed by atoms with van der Waals surface area (Å²) in [7, 11) is 3.88. The maximum absolute atomic E-state index is 13.3. The number of aryl methyl sites for hydroxylation is 1. The van der Waals surface area contributed by atoms with Gasteiger partial charge in [0.05, 0.1) is 21.3 Å². The lowest BCUT2D eigenvalue weighted by molar-refractivity contribution is -0.138. The van der Waals surface area contributed by atoms with Gasteiger partial charge < -0.3 is 18.9 Å². The Morgan fingerprint density at radius 2 is 1.80 bits per heavy atom. The van der Waals surface area contributed by atoms with Gasteiger partial charge in [-0.15, -0.1) is 0 Å². The summed E-state index contributed by atoms with van der Waals surface area (Å²) in [5.74, 6) is -1.44. The normalized spacial score (nSPS) is 21.3. The molecule has 0 saturated carbocycles. The van der Waals surface area contributed by atoms with Gasteiger partial charge in [-0.3, -0.25) is 9.59 Å². The Morgan fingerprint density at radius 3 is 2.40 bits per heavy atom. The summed E-state index contributed by atoms with van der Waals surface area (Å²) in [6, 6.07) is 3.34. The monoisotopic (exact) mass is 344 g/mol. The first kappa shape index (κ1) is 16.8. The third kappa shape index (κ3) is 2.23. The molecule has 1 aliphatic heterocycles. The second-order valence-corrected chi connectivity index (χ2v) is 5.62. The van der Waals surface area contributed by atoms with Crippen molar-refractivity contribution in [2.75, 3.05) is 21.3 Å². The van der Waals surface area contributed by atoms with Crippen LogP contribution in [0.5, 0.6) is 11.5 Å². The fourth-order valence-electron chi connectivity index (χ4n) is 3.08. The summed E-state index contributed by atoms with van der Waals surface area (Å²) >= 11 is 0. The third-order valence-corrected chi connectivity index (χ3v) is 4.15. The Balaban J connectivity index is 2.28. The molecule has 0 bridgehead atoms. The van der Waals surface area contributed by atoms with Crippen LogP contribution in [0.15, 0.2) is 35.6 Å². The number of ketones is 2. The molecule has 7 nitrogen and oxygen atoms in total. The largest absolute Gasteiger partial charge is 0.496 e. The molecule has 2 aliphatic rings. The molecule has 1 atom stereocenters. The highest BCUT2D eigenvalue weighted by molar-refractivity contribution is 6.21. The molecule has 0 amide bonds. The summed E-state index contributed by atoms with van der Waals surface area (Å²) in [6.07, 6.45) is 2.15. The molecule has 0 aromatic heterocycles. The second kappa shape index (κ2) is 5.77. The van der Waals surface area contributed by atoms with Crippen LogP contribution in [0.4, 0.5) is 0 Å². The summed E-state index contributed by atoms with van der Waals surface area (Å²) in [5, 5.41) is 0. The SMILES string of the molecule is COC(=O)C1=CC(=O)C=C(OC)[C@]12Oc1cc(C)cc(OC)c1C2=O. The molecular formula is C18H16O7. The van der Waals surface area contributed by atoms with Gasteiger partial charge in [0.1, 0.15) is 22.6 Å². The molecular weight excluding hydrogens is 328 g/mol. The number of hydrogen-bond acceptors (Lipinski definition) is 7. The van der Waals surface area contributed by atoms with Crippen molar-refractivity contribution in [3.63, 3.8) is 0 Å². The van der Waals surface area contributed by atoms with E-state index in [1.807, 2.05) is 6.92 Å². The van der Waals surface area contributed by atoms with Crippen LogP contribution in [0.3, 0.4) is 0 Å². The van der Waals surface area contributed by atoms with Crippen molar-refractivity contribution in [2.24, 2.45) is 0 Å². The van der Waals surface area contributed by atoms with Crippen molar-refractivity contribution in [3.8, 4) is 11.5 Å². The van der Waals surface area contributed by atoms with Crippen LogP contribution in [-0.2, 0) is 19.1 Å². The predicted octanol–water partition coefficient (Wildman–Crippen LogP) is 1.53. The summed E-state index contributed by atoms with van der Waals surface area (Å²) in [4.78, 5) is 37.5. The molecule has 0 N–H and O–H groups in total. The molecule has 1 aromatic carbocycles. The number of carbonyl (C=O) groups excluding carboxylic acids is 3.